The van der Waals surface area contributed by atoms with Crippen LogP contribution < -0.4 is 39.4 Å². The number of hydrogen-bond donors (Lipinski definition) is 2. The van der Waals surface area contributed by atoms with Gasteiger partial charge in [-0.15, -0.1) is 0 Å². The molecule has 0 aliphatic carbocycles. The second-order valence-electron chi connectivity index (χ2n) is 12.4. The minimum atomic E-state index is 0.769. The largest absolute Gasteiger partial charge is 0.497 e. The van der Waals surface area contributed by atoms with Gasteiger partial charge in [0.1, 0.15) is 23.0 Å². The molecular weight excluding hydrogens is 673 g/mol. The van der Waals surface area contributed by atoms with E-state index in [1.807, 2.05) is 84.9 Å². The summed E-state index contributed by atoms with van der Waals surface area (Å²) in [5.41, 5.74) is 9.64. The Morgan fingerprint density at radius 3 is 0.981 bits per heavy atom. The van der Waals surface area contributed by atoms with Crippen molar-refractivity contribution < 1.29 is 18.9 Å². The second-order valence-corrected chi connectivity index (χ2v) is 12.4. The molecule has 0 amide bonds. The number of benzene rings is 7. The molecular formula is C46H42N4O4. The SMILES string of the molecule is COc1cccc(Nc2ccc(N(c3cccc(OC)c3)c3cccc(N(c4ccc(Nc5cccc(OC)c5)cc4)c4cccc(OC)c4)c3)cc2)c1. The third kappa shape index (κ3) is 8.19. The Kier molecular flexibility index (Phi) is 10.8. The first-order valence-electron chi connectivity index (χ1n) is 17.5. The van der Waals surface area contributed by atoms with Gasteiger partial charge in [-0.1, -0.05) is 30.3 Å². The fourth-order valence-electron chi connectivity index (χ4n) is 6.29. The van der Waals surface area contributed by atoms with E-state index in [0.29, 0.717) is 0 Å². The number of ether oxygens (including phenoxy) is 4. The summed E-state index contributed by atoms with van der Waals surface area (Å²) >= 11 is 0. The first-order valence-corrected chi connectivity index (χ1v) is 17.5. The Morgan fingerprint density at radius 1 is 0.296 bits per heavy atom. The van der Waals surface area contributed by atoms with E-state index in [1.54, 1.807) is 28.4 Å². The molecule has 7 aromatic rings. The van der Waals surface area contributed by atoms with Gasteiger partial charge in [-0.2, -0.15) is 0 Å². The summed E-state index contributed by atoms with van der Waals surface area (Å²) in [6, 6.07) is 57.3. The summed E-state index contributed by atoms with van der Waals surface area (Å²) in [5.74, 6) is 3.13. The molecule has 0 spiro atoms. The predicted molar refractivity (Wildman–Crippen MR) is 221 cm³/mol. The highest BCUT2D eigenvalue weighted by Gasteiger charge is 2.18. The summed E-state index contributed by atoms with van der Waals surface area (Å²) in [7, 11) is 6.72. The molecule has 0 radical (unpaired) electrons. The molecule has 8 nitrogen and oxygen atoms in total. The summed E-state index contributed by atoms with van der Waals surface area (Å²) in [6.07, 6.45) is 0. The van der Waals surface area contributed by atoms with Gasteiger partial charge in [-0.3, -0.25) is 0 Å². The molecule has 0 unspecified atom stereocenters. The van der Waals surface area contributed by atoms with Gasteiger partial charge in [0, 0.05) is 81.1 Å². The maximum absolute atomic E-state index is 5.66. The van der Waals surface area contributed by atoms with Gasteiger partial charge in [0.2, 0.25) is 0 Å². The fraction of sp³-hybridized carbons (Fsp3) is 0.0870. The Morgan fingerprint density at radius 2 is 0.611 bits per heavy atom. The topological polar surface area (TPSA) is 67.5 Å². The van der Waals surface area contributed by atoms with Gasteiger partial charge in [0.25, 0.3) is 0 Å². The highest BCUT2D eigenvalue weighted by atomic mass is 16.5. The number of anilines is 10. The minimum absolute atomic E-state index is 0.769. The highest BCUT2D eigenvalue weighted by molar-refractivity contribution is 5.84. The van der Waals surface area contributed by atoms with Crippen LogP contribution in [0.5, 0.6) is 23.0 Å². The molecule has 0 aliphatic rings. The summed E-state index contributed by atoms with van der Waals surface area (Å²) in [5, 5.41) is 6.98. The van der Waals surface area contributed by atoms with E-state index < -0.39 is 0 Å². The monoisotopic (exact) mass is 714 g/mol. The van der Waals surface area contributed by atoms with Crippen molar-refractivity contribution in [2.45, 2.75) is 0 Å². The van der Waals surface area contributed by atoms with Crippen LogP contribution in [0.2, 0.25) is 0 Å². The number of methoxy groups -OCH3 is 4. The van der Waals surface area contributed by atoms with Gasteiger partial charge in [0.05, 0.1) is 28.4 Å². The van der Waals surface area contributed by atoms with E-state index in [-0.39, 0.29) is 0 Å². The first-order chi connectivity index (χ1) is 26.5. The quantitative estimate of drug-likeness (QED) is 0.115. The van der Waals surface area contributed by atoms with Crippen molar-refractivity contribution in [1.29, 1.82) is 0 Å². The lowest BCUT2D eigenvalue weighted by Gasteiger charge is -2.30. The highest BCUT2D eigenvalue weighted by Crippen LogP contribution is 2.42. The Balaban J connectivity index is 1.27. The third-order valence-corrected chi connectivity index (χ3v) is 8.94. The van der Waals surface area contributed by atoms with Crippen LogP contribution >= 0.6 is 0 Å². The van der Waals surface area contributed by atoms with Gasteiger partial charge in [-0.25, -0.2) is 0 Å². The molecule has 2 N–H and O–H groups in total. The maximum Gasteiger partial charge on any atom is 0.120 e. The van der Waals surface area contributed by atoms with E-state index in [2.05, 4.69) is 105 Å². The smallest absolute Gasteiger partial charge is 0.120 e. The average molecular weight is 715 g/mol. The summed E-state index contributed by atoms with van der Waals surface area (Å²) < 4.78 is 22.2. The molecule has 0 bridgehead atoms. The molecule has 0 aliphatic heterocycles. The van der Waals surface area contributed by atoms with Crippen LogP contribution in [0.4, 0.5) is 56.9 Å². The fourth-order valence-corrected chi connectivity index (χ4v) is 6.29. The Labute approximate surface area is 316 Å². The lowest BCUT2D eigenvalue weighted by atomic mass is 10.1. The summed E-state index contributed by atoms with van der Waals surface area (Å²) in [6.45, 7) is 0. The molecule has 8 heteroatoms. The lowest BCUT2D eigenvalue weighted by Crippen LogP contribution is -2.13. The molecule has 0 saturated heterocycles. The van der Waals surface area contributed by atoms with E-state index in [4.69, 9.17) is 18.9 Å². The van der Waals surface area contributed by atoms with Gasteiger partial charge >= 0.3 is 0 Å². The molecule has 0 aromatic heterocycles. The van der Waals surface area contributed by atoms with Crippen LogP contribution in [-0.2, 0) is 0 Å². The molecule has 7 rings (SSSR count). The zero-order valence-corrected chi connectivity index (χ0v) is 30.7. The van der Waals surface area contributed by atoms with Crippen molar-refractivity contribution in [3.05, 3.63) is 170 Å². The van der Waals surface area contributed by atoms with Crippen LogP contribution in [-0.4, -0.2) is 28.4 Å². The standard InChI is InChI=1S/C46H42N4O4/c1-51-43-16-5-10-35(28-43)47-33-20-24-37(25-21-33)49(41-14-8-18-45(31-41)53-3)39-12-7-13-40(30-39)50(42-15-9-19-46(32-42)54-4)38-26-22-34(23-27-38)48-36-11-6-17-44(29-36)52-2/h5-32,47-48H,1-4H3. The molecule has 54 heavy (non-hydrogen) atoms. The van der Waals surface area contributed by atoms with Crippen molar-refractivity contribution in [3.63, 3.8) is 0 Å². The molecule has 0 atom stereocenters. The van der Waals surface area contributed by atoms with Crippen LogP contribution in [0, 0.1) is 0 Å². The molecule has 270 valence electrons. The first kappa shape index (κ1) is 35.3. The molecule has 0 fully saturated rings. The van der Waals surface area contributed by atoms with Crippen LogP contribution in [0.1, 0.15) is 0 Å². The van der Waals surface area contributed by atoms with Crippen molar-refractivity contribution >= 4 is 56.9 Å². The van der Waals surface area contributed by atoms with Gasteiger partial charge < -0.3 is 39.4 Å². The van der Waals surface area contributed by atoms with Crippen LogP contribution in [0.3, 0.4) is 0 Å². The van der Waals surface area contributed by atoms with E-state index in [9.17, 15) is 0 Å². The average Bonchev–Trinajstić information content (AvgIpc) is 3.23. The summed E-state index contributed by atoms with van der Waals surface area (Å²) in [4.78, 5) is 4.46. The van der Waals surface area contributed by atoms with E-state index >= 15 is 0 Å². The number of nitrogens with one attached hydrogen (secondary N) is 2. The minimum Gasteiger partial charge on any atom is -0.497 e. The number of rotatable bonds is 14. The Bertz CT molecular complexity index is 2150. The number of nitrogens with zero attached hydrogens (tertiary/aromatic N) is 2. The van der Waals surface area contributed by atoms with E-state index in [1.165, 1.54) is 0 Å². The number of hydrogen-bond acceptors (Lipinski definition) is 8. The molecule has 0 heterocycles. The second kappa shape index (κ2) is 16.5. The van der Waals surface area contributed by atoms with Crippen LogP contribution in [0.15, 0.2) is 170 Å². The van der Waals surface area contributed by atoms with Crippen LogP contribution in [0.25, 0.3) is 0 Å². The van der Waals surface area contributed by atoms with Crippen molar-refractivity contribution in [2.24, 2.45) is 0 Å². The van der Waals surface area contributed by atoms with Gasteiger partial charge in [0.15, 0.2) is 0 Å². The molecule has 0 saturated carbocycles. The predicted octanol–water partition coefficient (Wildman–Crippen LogP) is 12.1. The lowest BCUT2D eigenvalue weighted by molar-refractivity contribution is 0.415. The Hall–Kier alpha value is -7.06. The maximum atomic E-state index is 5.66. The zero-order valence-electron chi connectivity index (χ0n) is 30.7. The van der Waals surface area contributed by atoms with Gasteiger partial charge in [-0.05, 0) is 115 Å². The van der Waals surface area contributed by atoms with Crippen molar-refractivity contribution in [2.75, 3.05) is 48.9 Å². The zero-order chi connectivity index (χ0) is 37.3. The van der Waals surface area contributed by atoms with Crippen molar-refractivity contribution in [1.82, 2.24) is 0 Å². The third-order valence-electron chi connectivity index (χ3n) is 8.94. The van der Waals surface area contributed by atoms with Crippen molar-refractivity contribution in [3.8, 4) is 23.0 Å². The van der Waals surface area contributed by atoms with E-state index in [0.717, 1.165) is 79.9 Å². The normalized spacial score (nSPS) is 10.6. The molecule has 7 aromatic carbocycles.